The number of benzene rings is 1. The summed E-state index contributed by atoms with van der Waals surface area (Å²) in [6, 6.07) is 10.4. The summed E-state index contributed by atoms with van der Waals surface area (Å²) in [6.45, 7) is 6.54. The fourth-order valence-electron chi connectivity index (χ4n) is 2.40. The second kappa shape index (κ2) is 5.55. The first-order valence-corrected chi connectivity index (χ1v) is 6.93. The molecular formula is C16H23NO. The lowest BCUT2D eigenvalue weighted by molar-refractivity contribution is -0.123. The van der Waals surface area contributed by atoms with Gasteiger partial charge in [0.05, 0.1) is 6.04 Å². The Kier molecular flexibility index (Phi) is 4.05. The van der Waals surface area contributed by atoms with Gasteiger partial charge in [-0.25, -0.2) is 0 Å². The fourth-order valence-corrected chi connectivity index (χ4v) is 2.40. The first-order valence-electron chi connectivity index (χ1n) is 6.93. The summed E-state index contributed by atoms with van der Waals surface area (Å²) in [5.74, 6) is 1.63. The maximum Gasteiger partial charge on any atom is 0.223 e. The van der Waals surface area contributed by atoms with Crippen LogP contribution in [0.25, 0.3) is 0 Å². The van der Waals surface area contributed by atoms with Crippen LogP contribution in [0.5, 0.6) is 0 Å². The van der Waals surface area contributed by atoms with Crippen molar-refractivity contribution in [2.45, 2.75) is 39.7 Å². The SMILES string of the molecule is CC(C)CC(NC(=O)C1CC1C)c1ccccc1. The summed E-state index contributed by atoms with van der Waals surface area (Å²) in [7, 11) is 0. The van der Waals surface area contributed by atoms with E-state index in [9.17, 15) is 4.79 Å². The van der Waals surface area contributed by atoms with Crippen LogP contribution < -0.4 is 5.32 Å². The van der Waals surface area contributed by atoms with Gasteiger partial charge >= 0.3 is 0 Å². The molecule has 1 N–H and O–H groups in total. The zero-order chi connectivity index (χ0) is 13.1. The zero-order valence-electron chi connectivity index (χ0n) is 11.5. The highest BCUT2D eigenvalue weighted by Gasteiger charge is 2.39. The van der Waals surface area contributed by atoms with Gasteiger partial charge in [-0.1, -0.05) is 51.1 Å². The van der Waals surface area contributed by atoms with Crippen LogP contribution in [-0.4, -0.2) is 5.91 Å². The normalized spacial score (nSPS) is 23.8. The van der Waals surface area contributed by atoms with E-state index in [0.29, 0.717) is 11.8 Å². The van der Waals surface area contributed by atoms with Crippen molar-refractivity contribution in [3.63, 3.8) is 0 Å². The predicted molar refractivity (Wildman–Crippen MR) is 74.1 cm³/mol. The van der Waals surface area contributed by atoms with Crippen LogP contribution in [0.3, 0.4) is 0 Å². The van der Waals surface area contributed by atoms with Crippen molar-refractivity contribution >= 4 is 5.91 Å². The Bertz CT molecular complexity index is 399. The van der Waals surface area contributed by atoms with Crippen molar-refractivity contribution in [2.24, 2.45) is 17.8 Å². The molecule has 0 heterocycles. The first-order chi connectivity index (χ1) is 8.58. The Morgan fingerprint density at radius 3 is 2.44 bits per heavy atom. The van der Waals surface area contributed by atoms with Crippen molar-refractivity contribution in [1.29, 1.82) is 0 Å². The number of nitrogens with one attached hydrogen (secondary N) is 1. The molecule has 1 fully saturated rings. The first kappa shape index (κ1) is 13.1. The summed E-state index contributed by atoms with van der Waals surface area (Å²) in [4.78, 5) is 12.1. The number of carbonyl (C=O) groups excluding carboxylic acids is 1. The number of carbonyl (C=O) groups is 1. The third-order valence-electron chi connectivity index (χ3n) is 3.67. The minimum absolute atomic E-state index is 0.159. The highest BCUT2D eigenvalue weighted by molar-refractivity contribution is 5.81. The van der Waals surface area contributed by atoms with Crippen molar-refractivity contribution in [3.05, 3.63) is 35.9 Å². The molecule has 1 aliphatic carbocycles. The van der Waals surface area contributed by atoms with E-state index >= 15 is 0 Å². The van der Waals surface area contributed by atoms with Gasteiger partial charge in [-0.3, -0.25) is 4.79 Å². The highest BCUT2D eigenvalue weighted by atomic mass is 16.2. The van der Waals surface area contributed by atoms with Crippen LogP contribution in [0.1, 0.15) is 45.2 Å². The fraction of sp³-hybridized carbons (Fsp3) is 0.562. The maximum absolute atomic E-state index is 12.1. The van der Waals surface area contributed by atoms with E-state index in [1.807, 2.05) is 18.2 Å². The molecule has 3 unspecified atom stereocenters. The quantitative estimate of drug-likeness (QED) is 0.844. The molecular weight excluding hydrogens is 222 g/mol. The molecule has 1 aliphatic rings. The zero-order valence-corrected chi connectivity index (χ0v) is 11.5. The molecule has 0 bridgehead atoms. The molecule has 0 spiro atoms. The summed E-state index contributed by atoms with van der Waals surface area (Å²) in [6.07, 6.45) is 2.05. The summed E-state index contributed by atoms with van der Waals surface area (Å²) in [5.41, 5.74) is 1.22. The molecule has 0 saturated heterocycles. The standard InChI is InChI=1S/C16H23NO/c1-11(2)9-15(13-7-5-4-6-8-13)17-16(18)14-10-12(14)3/h4-8,11-12,14-15H,9-10H2,1-3H3,(H,17,18). The highest BCUT2D eigenvalue weighted by Crippen LogP contribution is 2.38. The average molecular weight is 245 g/mol. The van der Waals surface area contributed by atoms with Crippen LogP contribution >= 0.6 is 0 Å². The second-order valence-electron chi connectivity index (χ2n) is 5.92. The maximum atomic E-state index is 12.1. The molecule has 2 rings (SSSR count). The molecule has 18 heavy (non-hydrogen) atoms. The molecule has 1 aromatic rings. The summed E-state index contributed by atoms with van der Waals surface area (Å²) >= 11 is 0. The largest absolute Gasteiger partial charge is 0.349 e. The second-order valence-corrected chi connectivity index (χ2v) is 5.92. The van der Waals surface area contributed by atoms with E-state index < -0.39 is 0 Å². The van der Waals surface area contributed by atoms with E-state index in [-0.39, 0.29) is 17.9 Å². The molecule has 1 saturated carbocycles. The van der Waals surface area contributed by atoms with Crippen molar-refractivity contribution in [1.82, 2.24) is 5.32 Å². The third kappa shape index (κ3) is 3.34. The summed E-state index contributed by atoms with van der Waals surface area (Å²) in [5, 5.41) is 3.22. The molecule has 1 amide bonds. The molecule has 3 atom stereocenters. The van der Waals surface area contributed by atoms with Gasteiger partial charge in [0.1, 0.15) is 0 Å². The van der Waals surface area contributed by atoms with E-state index in [0.717, 1.165) is 12.8 Å². The van der Waals surface area contributed by atoms with Gasteiger partial charge in [-0.15, -0.1) is 0 Å². The number of hydrogen-bond acceptors (Lipinski definition) is 1. The lowest BCUT2D eigenvalue weighted by Gasteiger charge is -2.21. The van der Waals surface area contributed by atoms with E-state index in [4.69, 9.17) is 0 Å². The Balaban J connectivity index is 2.03. The monoisotopic (exact) mass is 245 g/mol. The number of rotatable bonds is 5. The minimum atomic E-state index is 0.159. The van der Waals surface area contributed by atoms with Gasteiger partial charge in [0.15, 0.2) is 0 Å². The summed E-state index contributed by atoms with van der Waals surface area (Å²) < 4.78 is 0. The van der Waals surface area contributed by atoms with Crippen LogP contribution in [0.2, 0.25) is 0 Å². The van der Waals surface area contributed by atoms with Crippen LogP contribution in [0, 0.1) is 17.8 Å². The van der Waals surface area contributed by atoms with Crippen LogP contribution in [0.15, 0.2) is 30.3 Å². The van der Waals surface area contributed by atoms with E-state index in [1.165, 1.54) is 5.56 Å². The molecule has 2 nitrogen and oxygen atoms in total. The van der Waals surface area contributed by atoms with Gasteiger partial charge in [0.25, 0.3) is 0 Å². The molecule has 1 aromatic carbocycles. The van der Waals surface area contributed by atoms with E-state index in [2.05, 4.69) is 38.2 Å². The average Bonchev–Trinajstić information content (AvgIpc) is 3.06. The van der Waals surface area contributed by atoms with Gasteiger partial charge < -0.3 is 5.32 Å². The predicted octanol–water partition coefficient (Wildman–Crippen LogP) is 3.55. The van der Waals surface area contributed by atoms with Gasteiger partial charge in [-0.05, 0) is 30.2 Å². The molecule has 0 radical (unpaired) electrons. The lowest BCUT2D eigenvalue weighted by Crippen LogP contribution is -2.31. The van der Waals surface area contributed by atoms with Crippen LogP contribution in [0.4, 0.5) is 0 Å². The lowest BCUT2D eigenvalue weighted by atomic mass is 9.97. The van der Waals surface area contributed by atoms with Crippen molar-refractivity contribution in [3.8, 4) is 0 Å². The molecule has 98 valence electrons. The van der Waals surface area contributed by atoms with Gasteiger partial charge in [0, 0.05) is 5.92 Å². The molecule has 0 aromatic heterocycles. The van der Waals surface area contributed by atoms with Gasteiger partial charge in [0.2, 0.25) is 5.91 Å². The Labute approximate surface area is 110 Å². The number of amides is 1. The Morgan fingerprint density at radius 1 is 1.33 bits per heavy atom. The van der Waals surface area contributed by atoms with Gasteiger partial charge in [-0.2, -0.15) is 0 Å². The third-order valence-corrected chi connectivity index (χ3v) is 3.67. The van der Waals surface area contributed by atoms with E-state index in [1.54, 1.807) is 0 Å². The topological polar surface area (TPSA) is 29.1 Å². The Morgan fingerprint density at radius 2 is 1.94 bits per heavy atom. The smallest absolute Gasteiger partial charge is 0.223 e. The Hall–Kier alpha value is -1.31. The molecule has 0 aliphatic heterocycles. The molecule has 2 heteroatoms. The minimum Gasteiger partial charge on any atom is -0.349 e. The number of hydrogen-bond donors (Lipinski definition) is 1. The van der Waals surface area contributed by atoms with Crippen LogP contribution in [-0.2, 0) is 4.79 Å². The van der Waals surface area contributed by atoms with Crippen molar-refractivity contribution < 1.29 is 4.79 Å². The van der Waals surface area contributed by atoms with Crippen molar-refractivity contribution in [2.75, 3.05) is 0 Å².